The number of carbonyl (C=O) groups is 1. The lowest BCUT2D eigenvalue weighted by molar-refractivity contribution is -0.120. The van der Waals surface area contributed by atoms with Crippen molar-refractivity contribution >= 4 is 35.8 Å². The summed E-state index contributed by atoms with van der Waals surface area (Å²) in [5.74, 6) is 0.599. The molecule has 0 radical (unpaired) electrons. The van der Waals surface area contributed by atoms with Crippen LogP contribution in [0.1, 0.15) is 5.56 Å². The number of nitrogens with zero attached hydrogens (tertiary/aromatic N) is 2. The summed E-state index contributed by atoms with van der Waals surface area (Å²) in [6.45, 7) is 1.94. The number of rotatable bonds is 7. The Bertz CT molecular complexity index is 454. The molecule has 0 unspecified atom stereocenters. The molecule has 0 heterocycles. The number of carbonyl (C=O) groups excluding carboxylic acids is 1. The molecule has 0 aromatic heterocycles. The Labute approximate surface area is 149 Å². The second-order valence-electron chi connectivity index (χ2n) is 4.59. The van der Waals surface area contributed by atoms with Crippen LogP contribution in [0.3, 0.4) is 0 Å². The van der Waals surface area contributed by atoms with E-state index in [2.05, 4.69) is 27.8 Å². The summed E-state index contributed by atoms with van der Waals surface area (Å²) in [5, 5.41) is 5.79. The van der Waals surface area contributed by atoms with Crippen molar-refractivity contribution in [1.29, 1.82) is 0 Å². The largest absolute Gasteiger partial charge is 0.383 e. The molecule has 0 aliphatic rings. The predicted octanol–water partition coefficient (Wildman–Crippen LogP) is 1.07. The molecule has 22 heavy (non-hydrogen) atoms. The first kappa shape index (κ1) is 20.6. The Morgan fingerprint density at radius 1 is 1.27 bits per heavy atom. The van der Waals surface area contributed by atoms with E-state index in [9.17, 15) is 4.79 Å². The van der Waals surface area contributed by atoms with Crippen LogP contribution in [0.4, 0.5) is 0 Å². The highest BCUT2D eigenvalue weighted by molar-refractivity contribution is 14.0. The minimum Gasteiger partial charge on any atom is -0.383 e. The molecule has 0 saturated heterocycles. The molecule has 0 aliphatic heterocycles. The van der Waals surface area contributed by atoms with Crippen molar-refractivity contribution in [2.24, 2.45) is 4.99 Å². The topological polar surface area (TPSA) is 66.0 Å². The number of hydrogen-bond acceptors (Lipinski definition) is 3. The third-order valence-corrected chi connectivity index (χ3v) is 2.87. The summed E-state index contributed by atoms with van der Waals surface area (Å²) in [7, 11) is 5.24. The van der Waals surface area contributed by atoms with Crippen molar-refractivity contribution in [3.8, 4) is 0 Å². The number of methoxy groups -OCH3 is 1. The number of nitrogens with one attached hydrogen (secondary N) is 2. The minimum atomic E-state index is -0.0821. The van der Waals surface area contributed by atoms with Crippen LogP contribution in [-0.2, 0) is 16.1 Å². The second kappa shape index (κ2) is 12.2. The lowest BCUT2D eigenvalue weighted by Crippen LogP contribution is -2.44. The Morgan fingerprint density at radius 2 is 1.95 bits per heavy atom. The fraction of sp³-hybridized carbons (Fsp3) is 0.467. The van der Waals surface area contributed by atoms with Gasteiger partial charge in [0.2, 0.25) is 5.91 Å². The van der Waals surface area contributed by atoms with Gasteiger partial charge in [-0.3, -0.25) is 9.79 Å². The van der Waals surface area contributed by atoms with Gasteiger partial charge in [0.05, 0.1) is 13.2 Å². The maximum Gasteiger partial charge on any atom is 0.239 e. The highest BCUT2D eigenvalue weighted by atomic mass is 127. The average Bonchev–Trinajstić information content (AvgIpc) is 2.49. The molecule has 0 fully saturated rings. The van der Waals surface area contributed by atoms with Gasteiger partial charge in [0, 0.05) is 34.3 Å². The third-order valence-electron chi connectivity index (χ3n) is 2.87. The number of halogens is 1. The van der Waals surface area contributed by atoms with Crippen LogP contribution < -0.4 is 10.6 Å². The zero-order valence-electron chi connectivity index (χ0n) is 13.3. The molecular weight excluding hydrogens is 395 g/mol. The lowest BCUT2D eigenvalue weighted by atomic mass is 10.2. The van der Waals surface area contributed by atoms with Crippen LogP contribution in [0, 0.1) is 0 Å². The van der Waals surface area contributed by atoms with Crippen molar-refractivity contribution in [2.75, 3.05) is 40.9 Å². The molecule has 7 heteroatoms. The van der Waals surface area contributed by atoms with E-state index in [1.54, 1.807) is 14.2 Å². The predicted molar refractivity (Wildman–Crippen MR) is 99.6 cm³/mol. The van der Waals surface area contributed by atoms with Gasteiger partial charge in [-0.25, -0.2) is 0 Å². The van der Waals surface area contributed by atoms with Crippen molar-refractivity contribution in [3.63, 3.8) is 0 Å². The number of guanidine groups is 1. The smallest absolute Gasteiger partial charge is 0.239 e. The molecule has 124 valence electrons. The normalized spacial score (nSPS) is 10.6. The van der Waals surface area contributed by atoms with E-state index in [0.29, 0.717) is 19.1 Å². The van der Waals surface area contributed by atoms with Crippen LogP contribution in [-0.4, -0.2) is 57.7 Å². The van der Waals surface area contributed by atoms with Gasteiger partial charge in [0.25, 0.3) is 0 Å². The van der Waals surface area contributed by atoms with E-state index >= 15 is 0 Å². The highest BCUT2D eigenvalue weighted by Gasteiger charge is 2.08. The Kier molecular flexibility index (Phi) is 11.5. The molecule has 0 atom stereocenters. The van der Waals surface area contributed by atoms with Gasteiger partial charge in [0.1, 0.15) is 0 Å². The molecule has 0 bridgehead atoms. The van der Waals surface area contributed by atoms with E-state index in [1.165, 1.54) is 5.56 Å². The van der Waals surface area contributed by atoms with Gasteiger partial charge in [-0.15, -0.1) is 24.0 Å². The molecule has 0 saturated carbocycles. The van der Waals surface area contributed by atoms with Crippen LogP contribution in [0.5, 0.6) is 0 Å². The lowest BCUT2D eigenvalue weighted by Gasteiger charge is -2.22. The summed E-state index contributed by atoms with van der Waals surface area (Å²) in [5.41, 5.74) is 1.19. The Balaban J connectivity index is 0.00000441. The van der Waals surface area contributed by atoms with Crippen molar-refractivity contribution < 1.29 is 9.53 Å². The minimum absolute atomic E-state index is 0. The van der Waals surface area contributed by atoms with E-state index in [4.69, 9.17) is 4.74 Å². The molecular formula is C15H25IN4O2. The summed E-state index contributed by atoms with van der Waals surface area (Å²) in [4.78, 5) is 17.8. The van der Waals surface area contributed by atoms with Crippen molar-refractivity contribution in [1.82, 2.24) is 15.5 Å². The quantitative estimate of drug-likeness (QED) is 0.300. The molecule has 1 amide bonds. The molecule has 1 aromatic rings. The zero-order chi connectivity index (χ0) is 15.5. The van der Waals surface area contributed by atoms with Gasteiger partial charge in [-0.1, -0.05) is 30.3 Å². The number of ether oxygens (including phenoxy) is 1. The summed E-state index contributed by atoms with van der Waals surface area (Å²) >= 11 is 0. The first-order chi connectivity index (χ1) is 10.2. The van der Waals surface area contributed by atoms with E-state index in [-0.39, 0.29) is 36.4 Å². The molecule has 0 aliphatic carbocycles. The van der Waals surface area contributed by atoms with Crippen LogP contribution in [0.15, 0.2) is 35.3 Å². The molecule has 0 spiro atoms. The van der Waals surface area contributed by atoms with Gasteiger partial charge in [0.15, 0.2) is 5.96 Å². The van der Waals surface area contributed by atoms with Crippen LogP contribution >= 0.6 is 24.0 Å². The monoisotopic (exact) mass is 420 g/mol. The zero-order valence-corrected chi connectivity index (χ0v) is 15.7. The fourth-order valence-electron chi connectivity index (χ4n) is 1.83. The van der Waals surface area contributed by atoms with Crippen molar-refractivity contribution in [3.05, 3.63) is 35.9 Å². The standard InChI is InChI=1S/C15H24N4O2.HI/c1-16-15(18-11-14(20)17-9-10-21-3)19(2)12-13-7-5-4-6-8-13;/h4-8H,9-12H2,1-3H3,(H,16,18)(H,17,20);1H. The summed E-state index contributed by atoms with van der Waals surface area (Å²) < 4.78 is 4.88. The third kappa shape index (κ3) is 8.18. The van der Waals surface area contributed by atoms with E-state index < -0.39 is 0 Å². The van der Waals surface area contributed by atoms with E-state index in [0.717, 1.165) is 6.54 Å². The summed E-state index contributed by atoms with van der Waals surface area (Å²) in [6.07, 6.45) is 0. The highest BCUT2D eigenvalue weighted by Crippen LogP contribution is 2.02. The van der Waals surface area contributed by atoms with Gasteiger partial charge < -0.3 is 20.3 Å². The maximum atomic E-state index is 11.6. The molecule has 6 nitrogen and oxygen atoms in total. The Morgan fingerprint density at radius 3 is 2.55 bits per heavy atom. The van der Waals surface area contributed by atoms with Crippen molar-refractivity contribution in [2.45, 2.75) is 6.54 Å². The first-order valence-corrected chi connectivity index (χ1v) is 6.88. The van der Waals surface area contributed by atoms with E-state index in [1.807, 2.05) is 30.1 Å². The van der Waals surface area contributed by atoms with Crippen LogP contribution in [0.2, 0.25) is 0 Å². The molecule has 1 aromatic carbocycles. The number of benzene rings is 1. The van der Waals surface area contributed by atoms with Gasteiger partial charge in [-0.05, 0) is 5.56 Å². The summed E-state index contributed by atoms with van der Waals surface area (Å²) in [6, 6.07) is 10.1. The van der Waals surface area contributed by atoms with Gasteiger partial charge >= 0.3 is 0 Å². The number of aliphatic imine (C=N–C) groups is 1. The fourth-order valence-corrected chi connectivity index (χ4v) is 1.83. The first-order valence-electron chi connectivity index (χ1n) is 6.88. The maximum absolute atomic E-state index is 11.6. The Hall–Kier alpha value is -1.35. The number of hydrogen-bond donors (Lipinski definition) is 2. The second-order valence-corrected chi connectivity index (χ2v) is 4.59. The SMILES string of the molecule is CN=C(NCC(=O)NCCOC)N(C)Cc1ccccc1.I. The molecule has 1 rings (SSSR count). The molecule has 2 N–H and O–H groups in total. The van der Waals surface area contributed by atoms with Crippen LogP contribution in [0.25, 0.3) is 0 Å². The van der Waals surface area contributed by atoms with Gasteiger partial charge in [-0.2, -0.15) is 0 Å². The average molecular weight is 420 g/mol. The number of amides is 1.